The van der Waals surface area contributed by atoms with Gasteiger partial charge in [-0.05, 0) is 18.6 Å². The summed E-state index contributed by atoms with van der Waals surface area (Å²) >= 11 is 0. The zero-order valence-corrected chi connectivity index (χ0v) is 16.1. The van der Waals surface area contributed by atoms with Crippen LogP contribution in [0, 0.1) is 17.6 Å². The summed E-state index contributed by atoms with van der Waals surface area (Å²) in [7, 11) is 1.31. The Hall–Kier alpha value is -1.20. The van der Waals surface area contributed by atoms with Crippen LogP contribution in [0.3, 0.4) is 0 Å². The van der Waals surface area contributed by atoms with Crippen molar-refractivity contribution in [2.24, 2.45) is 5.92 Å². The largest absolute Gasteiger partial charge is 0.493 e. The maximum Gasteiger partial charge on any atom is 0.201 e. The molecule has 0 spiro atoms. The summed E-state index contributed by atoms with van der Waals surface area (Å²) in [6, 6.07) is 2.54. The minimum Gasteiger partial charge on any atom is -0.493 e. The fraction of sp³-hybridized carbons (Fsp3) is 0.714. The van der Waals surface area contributed by atoms with Gasteiger partial charge in [-0.1, -0.05) is 58.3 Å². The summed E-state index contributed by atoms with van der Waals surface area (Å²) in [6.45, 7) is 3.38. The molecule has 0 radical (unpaired) electrons. The van der Waals surface area contributed by atoms with Crippen LogP contribution in [-0.2, 0) is 9.47 Å². The molecule has 1 aliphatic heterocycles. The van der Waals surface area contributed by atoms with E-state index in [-0.39, 0.29) is 5.75 Å². The molecule has 26 heavy (non-hydrogen) atoms. The lowest BCUT2D eigenvalue weighted by molar-refractivity contribution is -0.206. The molecule has 2 rings (SSSR count). The number of halogens is 2. The quantitative estimate of drug-likeness (QED) is 0.436. The first-order valence-corrected chi connectivity index (χ1v) is 9.92. The predicted octanol–water partition coefficient (Wildman–Crippen LogP) is 6.17. The molecule has 0 bridgehead atoms. The number of hydrogen-bond acceptors (Lipinski definition) is 3. The predicted molar refractivity (Wildman–Crippen MR) is 98.3 cm³/mol. The molecule has 1 aromatic rings. The molecule has 0 atom stereocenters. The standard InChI is InChI=1S/C21H32F2O3/c1-3-4-5-6-7-8-9-10-11-16-14-25-21(26-15-16)17-12-13-18(22)19(23)20(17)24-2/h12-13,16,21H,3-11,14-15H2,1-2H3. The van der Waals surface area contributed by atoms with Crippen LogP contribution in [0.1, 0.15) is 76.6 Å². The topological polar surface area (TPSA) is 27.7 Å². The van der Waals surface area contributed by atoms with Gasteiger partial charge in [-0.25, -0.2) is 4.39 Å². The van der Waals surface area contributed by atoms with E-state index >= 15 is 0 Å². The van der Waals surface area contributed by atoms with Gasteiger partial charge in [0.1, 0.15) is 0 Å². The van der Waals surface area contributed by atoms with Crippen LogP contribution in [0.4, 0.5) is 8.78 Å². The van der Waals surface area contributed by atoms with Gasteiger partial charge >= 0.3 is 0 Å². The molecule has 5 heteroatoms. The first-order valence-electron chi connectivity index (χ1n) is 9.92. The summed E-state index contributed by atoms with van der Waals surface area (Å²) < 4.78 is 43.6. The minimum absolute atomic E-state index is 0.142. The molecule has 0 amide bonds. The highest BCUT2D eigenvalue weighted by molar-refractivity contribution is 5.36. The summed E-state index contributed by atoms with van der Waals surface area (Å²) in [5, 5.41) is 0. The van der Waals surface area contributed by atoms with Gasteiger partial charge in [0.2, 0.25) is 5.82 Å². The average molecular weight is 370 g/mol. The highest BCUT2D eigenvalue weighted by Crippen LogP contribution is 2.35. The minimum atomic E-state index is -1.00. The molecule has 1 heterocycles. The Morgan fingerprint density at radius 3 is 2.19 bits per heavy atom. The maximum atomic E-state index is 13.8. The molecule has 3 nitrogen and oxygen atoms in total. The maximum absolute atomic E-state index is 13.8. The van der Waals surface area contributed by atoms with Crippen molar-refractivity contribution in [2.45, 2.75) is 71.0 Å². The van der Waals surface area contributed by atoms with Crippen molar-refractivity contribution in [1.29, 1.82) is 0 Å². The molecule has 1 saturated heterocycles. The third kappa shape index (κ3) is 6.20. The molecule has 0 aromatic heterocycles. The van der Waals surface area contributed by atoms with E-state index < -0.39 is 17.9 Å². The van der Waals surface area contributed by atoms with Crippen molar-refractivity contribution in [3.05, 3.63) is 29.3 Å². The van der Waals surface area contributed by atoms with E-state index in [9.17, 15) is 8.78 Å². The van der Waals surface area contributed by atoms with Crippen LogP contribution in [0.25, 0.3) is 0 Å². The van der Waals surface area contributed by atoms with E-state index in [1.54, 1.807) is 0 Å². The van der Waals surface area contributed by atoms with Crippen LogP contribution in [0.5, 0.6) is 5.75 Å². The first kappa shape index (κ1) is 21.1. The molecule has 1 aromatic carbocycles. The van der Waals surface area contributed by atoms with Crippen LogP contribution < -0.4 is 4.74 Å². The third-order valence-corrected chi connectivity index (χ3v) is 4.97. The lowest BCUT2D eigenvalue weighted by Gasteiger charge is -2.30. The fourth-order valence-electron chi connectivity index (χ4n) is 3.40. The van der Waals surface area contributed by atoms with Gasteiger partial charge in [-0.15, -0.1) is 0 Å². The van der Waals surface area contributed by atoms with Gasteiger partial charge in [0.15, 0.2) is 17.9 Å². The van der Waals surface area contributed by atoms with Crippen molar-refractivity contribution in [1.82, 2.24) is 0 Å². The van der Waals surface area contributed by atoms with E-state index in [1.165, 1.54) is 64.5 Å². The lowest BCUT2D eigenvalue weighted by atomic mass is 10.0. The van der Waals surface area contributed by atoms with Crippen molar-refractivity contribution >= 4 is 0 Å². The molecule has 0 unspecified atom stereocenters. The molecular formula is C21H32F2O3. The van der Waals surface area contributed by atoms with Crippen LogP contribution in [0.15, 0.2) is 12.1 Å². The van der Waals surface area contributed by atoms with Crippen molar-refractivity contribution in [2.75, 3.05) is 20.3 Å². The van der Waals surface area contributed by atoms with Crippen molar-refractivity contribution in [3.63, 3.8) is 0 Å². The van der Waals surface area contributed by atoms with E-state index in [1.807, 2.05) is 0 Å². The summed E-state index contributed by atoms with van der Waals surface area (Å²) in [5.41, 5.74) is 0.400. The second-order valence-electron chi connectivity index (χ2n) is 7.11. The lowest BCUT2D eigenvalue weighted by Crippen LogP contribution is -2.27. The Kier molecular flexibility index (Phi) is 9.33. The van der Waals surface area contributed by atoms with Gasteiger partial charge in [-0.3, -0.25) is 0 Å². The van der Waals surface area contributed by atoms with Crippen LogP contribution >= 0.6 is 0 Å². The van der Waals surface area contributed by atoms with Crippen molar-refractivity contribution < 1.29 is 23.0 Å². The molecule has 0 saturated carbocycles. The third-order valence-electron chi connectivity index (χ3n) is 4.97. The fourth-order valence-corrected chi connectivity index (χ4v) is 3.40. The molecule has 1 fully saturated rings. The second-order valence-corrected chi connectivity index (χ2v) is 7.11. The number of benzene rings is 1. The first-order chi connectivity index (χ1) is 12.7. The van der Waals surface area contributed by atoms with Gasteiger partial charge < -0.3 is 14.2 Å². The Balaban J connectivity index is 1.67. The molecule has 0 aliphatic carbocycles. The van der Waals surface area contributed by atoms with Gasteiger partial charge in [0.05, 0.1) is 25.9 Å². The van der Waals surface area contributed by atoms with E-state index in [2.05, 4.69) is 6.92 Å². The number of rotatable bonds is 11. The normalized spacial score (nSPS) is 20.3. The highest BCUT2D eigenvalue weighted by Gasteiger charge is 2.28. The monoisotopic (exact) mass is 370 g/mol. The Labute approximate surface area is 156 Å². The zero-order valence-electron chi connectivity index (χ0n) is 16.1. The number of ether oxygens (including phenoxy) is 3. The van der Waals surface area contributed by atoms with E-state index in [4.69, 9.17) is 14.2 Å². The van der Waals surface area contributed by atoms with Gasteiger partial charge in [-0.2, -0.15) is 4.39 Å². The molecule has 0 N–H and O–H groups in total. The van der Waals surface area contributed by atoms with E-state index in [0.717, 1.165) is 12.5 Å². The second kappa shape index (κ2) is 11.5. The highest BCUT2D eigenvalue weighted by atomic mass is 19.2. The number of methoxy groups -OCH3 is 1. The Bertz CT molecular complexity index is 528. The zero-order chi connectivity index (χ0) is 18.8. The number of unbranched alkanes of at least 4 members (excludes halogenated alkanes) is 7. The molecule has 1 aliphatic rings. The van der Waals surface area contributed by atoms with Crippen molar-refractivity contribution in [3.8, 4) is 5.75 Å². The molecular weight excluding hydrogens is 338 g/mol. The molecule has 148 valence electrons. The van der Waals surface area contributed by atoms with E-state index in [0.29, 0.717) is 24.7 Å². The summed E-state index contributed by atoms with van der Waals surface area (Å²) in [6.07, 6.45) is 10.8. The SMILES string of the molecule is CCCCCCCCCCC1COC(c2ccc(F)c(F)c2OC)OC1. The van der Waals surface area contributed by atoms with Crippen LogP contribution in [-0.4, -0.2) is 20.3 Å². The van der Waals surface area contributed by atoms with Gasteiger partial charge in [0, 0.05) is 5.92 Å². The van der Waals surface area contributed by atoms with Crippen LogP contribution in [0.2, 0.25) is 0 Å². The summed E-state index contributed by atoms with van der Waals surface area (Å²) in [4.78, 5) is 0. The average Bonchev–Trinajstić information content (AvgIpc) is 2.66. The summed E-state index contributed by atoms with van der Waals surface area (Å²) in [5.74, 6) is -1.72. The Morgan fingerprint density at radius 2 is 1.58 bits per heavy atom. The Morgan fingerprint density at radius 1 is 0.962 bits per heavy atom. The smallest absolute Gasteiger partial charge is 0.201 e. The number of hydrogen-bond donors (Lipinski definition) is 0. The van der Waals surface area contributed by atoms with Gasteiger partial charge in [0.25, 0.3) is 0 Å².